The lowest BCUT2D eigenvalue weighted by Crippen LogP contribution is -2.06. The van der Waals surface area contributed by atoms with Gasteiger partial charge in [0.1, 0.15) is 5.75 Å². The van der Waals surface area contributed by atoms with Gasteiger partial charge in [-0.25, -0.2) is 4.79 Å². The molecule has 0 unspecified atom stereocenters. The molecule has 0 radical (unpaired) electrons. The number of methoxy groups -OCH3 is 1. The number of nitrogens with one attached hydrogen (secondary N) is 1. The molecule has 1 N–H and O–H groups in total. The van der Waals surface area contributed by atoms with Crippen LogP contribution >= 0.6 is 0 Å². The number of rotatable bonds is 2. The normalized spacial score (nSPS) is 10.4. The van der Waals surface area contributed by atoms with Crippen molar-refractivity contribution in [1.29, 1.82) is 0 Å². The highest BCUT2D eigenvalue weighted by Crippen LogP contribution is 2.25. The molecule has 20 heavy (non-hydrogen) atoms. The monoisotopic (exact) mass is 267 g/mol. The Labute approximate surface area is 115 Å². The molecule has 0 saturated heterocycles. The smallest absolute Gasteiger partial charge is 0.437 e. The third kappa shape index (κ3) is 2.36. The lowest BCUT2D eigenvalue weighted by molar-refractivity contribution is 0.121. The molecule has 100 valence electrons. The number of hydrogen-bond donors (Lipinski definition) is 1. The molecule has 3 aromatic rings. The number of carbonyl (C=O) groups is 1. The van der Waals surface area contributed by atoms with Gasteiger partial charge < -0.3 is 14.5 Å². The van der Waals surface area contributed by atoms with Crippen molar-refractivity contribution in [3.63, 3.8) is 0 Å². The molecule has 1 aromatic heterocycles. The van der Waals surface area contributed by atoms with E-state index < -0.39 is 6.16 Å². The lowest BCUT2D eigenvalue weighted by Gasteiger charge is -2.03. The van der Waals surface area contributed by atoms with Crippen molar-refractivity contribution < 1.29 is 14.3 Å². The zero-order valence-corrected chi connectivity index (χ0v) is 10.9. The van der Waals surface area contributed by atoms with Crippen LogP contribution in [-0.4, -0.2) is 18.2 Å². The molecule has 4 heteroatoms. The Kier molecular flexibility index (Phi) is 3.13. The van der Waals surface area contributed by atoms with Crippen LogP contribution in [0.2, 0.25) is 0 Å². The van der Waals surface area contributed by atoms with E-state index in [0.29, 0.717) is 5.75 Å². The van der Waals surface area contributed by atoms with Gasteiger partial charge >= 0.3 is 6.16 Å². The van der Waals surface area contributed by atoms with E-state index in [9.17, 15) is 4.79 Å². The van der Waals surface area contributed by atoms with Crippen molar-refractivity contribution in [3.8, 4) is 17.0 Å². The average molecular weight is 267 g/mol. The summed E-state index contributed by atoms with van der Waals surface area (Å²) >= 11 is 0. The topological polar surface area (TPSA) is 51.3 Å². The zero-order valence-electron chi connectivity index (χ0n) is 10.9. The van der Waals surface area contributed by atoms with Gasteiger partial charge in [-0.1, -0.05) is 18.2 Å². The van der Waals surface area contributed by atoms with Crippen molar-refractivity contribution in [2.45, 2.75) is 0 Å². The maximum Gasteiger partial charge on any atom is 0.513 e. The second kappa shape index (κ2) is 5.09. The molecular weight excluding hydrogens is 254 g/mol. The van der Waals surface area contributed by atoms with Crippen LogP contribution < -0.4 is 4.74 Å². The minimum absolute atomic E-state index is 0.455. The fraction of sp³-hybridized carbons (Fsp3) is 0.0625. The van der Waals surface area contributed by atoms with Crippen LogP contribution in [0.5, 0.6) is 5.75 Å². The average Bonchev–Trinajstić information content (AvgIpc) is 2.91. The summed E-state index contributed by atoms with van der Waals surface area (Å²) in [6.07, 6.45) is -0.719. The maximum atomic E-state index is 11.0. The standard InChI is InChI=1S/C16H13NO3/c1-19-16(18)20-13-8-6-11(7-9-13)15-10-12-4-2-3-5-14(12)17-15/h2-10,17H,1H3. The molecule has 0 bridgehead atoms. The summed E-state index contributed by atoms with van der Waals surface area (Å²) in [5.41, 5.74) is 3.15. The van der Waals surface area contributed by atoms with Gasteiger partial charge in [-0.15, -0.1) is 0 Å². The number of para-hydroxylation sites is 1. The van der Waals surface area contributed by atoms with Crippen LogP contribution in [0, 0.1) is 0 Å². The van der Waals surface area contributed by atoms with Crippen molar-refractivity contribution in [3.05, 3.63) is 54.6 Å². The molecule has 0 atom stereocenters. The molecule has 0 amide bonds. The lowest BCUT2D eigenvalue weighted by atomic mass is 10.1. The van der Waals surface area contributed by atoms with Gasteiger partial charge in [0.25, 0.3) is 0 Å². The first-order chi connectivity index (χ1) is 9.76. The van der Waals surface area contributed by atoms with E-state index in [-0.39, 0.29) is 0 Å². The zero-order chi connectivity index (χ0) is 13.9. The summed E-state index contributed by atoms with van der Waals surface area (Å²) in [7, 11) is 1.28. The first-order valence-corrected chi connectivity index (χ1v) is 6.20. The highest BCUT2D eigenvalue weighted by molar-refractivity contribution is 5.85. The molecule has 0 aliphatic heterocycles. The number of aromatic nitrogens is 1. The predicted molar refractivity (Wildman–Crippen MR) is 76.8 cm³/mol. The number of fused-ring (bicyclic) bond motifs is 1. The third-order valence-electron chi connectivity index (χ3n) is 3.06. The predicted octanol–water partition coefficient (Wildman–Crippen LogP) is 3.98. The highest BCUT2D eigenvalue weighted by Gasteiger charge is 2.05. The first kappa shape index (κ1) is 12.3. The highest BCUT2D eigenvalue weighted by atomic mass is 16.7. The molecule has 0 aliphatic carbocycles. The van der Waals surface area contributed by atoms with Crippen molar-refractivity contribution in [2.24, 2.45) is 0 Å². The van der Waals surface area contributed by atoms with E-state index in [4.69, 9.17) is 4.74 Å². The van der Waals surface area contributed by atoms with Gasteiger partial charge in [0, 0.05) is 16.6 Å². The summed E-state index contributed by atoms with van der Waals surface area (Å²) < 4.78 is 9.38. The number of H-pyrrole nitrogens is 1. The Balaban J connectivity index is 1.88. The Bertz CT molecular complexity index is 711. The molecule has 0 spiro atoms. The molecule has 1 heterocycles. The second-order valence-electron chi connectivity index (χ2n) is 4.35. The Hall–Kier alpha value is -2.75. The van der Waals surface area contributed by atoms with Gasteiger partial charge in [0.2, 0.25) is 0 Å². The van der Waals surface area contributed by atoms with Crippen LogP contribution in [0.4, 0.5) is 4.79 Å². The minimum Gasteiger partial charge on any atom is -0.437 e. The fourth-order valence-corrected chi connectivity index (χ4v) is 2.07. The first-order valence-electron chi connectivity index (χ1n) is 6.20. The molecule has 0 saturated carbocycles. The fourth-order valence-electron chi connectivity index (χ4n) is 2.07. The molecule has 0 aliphatic rings. The number of hydrogen-bond acceptors (Lipinski definition) is 3. The number of benzene rings is 2. The second-order valence-corrected chi connectivity index (χ2v) is 4.35. The van der Waals surface area contributed by atoms with Gasteiger partial charge in [0.05, 0.1) is 7.11 Å². The van der Waals surface area contributed by atoms with E-state index >= 15 is 0 Å². The number of aromatic amines is 1. The van der Waals surface area contributed by atoms with Gasteiger partial charge in [-0.05, 0) is 42.0 Å². The van der Waals surface area contributed by atoms with Crippen LogP contribution in [0.3, 0.4) is 0 Å². The maximum absolute atomic E-state index is 11.0. The van der Waals surface area contributed by atoms with E-state index in [1.165, 1.54) is 7.11 Å². The number of carbonyl (C=O) groups excluding carboxylic acids is 1. The largest absolute Gasteiger partial charge is 0.513 e. The van der Waals surface area contributed by atoms with Crippen LogP contribution in [0.15, 0.2) is 54.6 Å². The minimum atomic E-state index is -0.719. The van der Waals surface area contributed by atoms with E-state index in [1.54, 1.807) is 12.1 Å². The Morgan fingerprint density at radius 2 is 1.80 bits per heavy atom. The number of ether oxygens (including phenoxy) is 2. The van der Waals surface area contributed by atoms with Crippen molar-refractivity contribution in [1.82, 2.24) is 4.98 Å². The Morgan fingerprint density at radius 1 is 1.05 bits per heavy atom. The Morgan fingerprint density at radius 3 is 2.50 bits per heavy atom. The van der Waals surface area contributed by atoms with Crippen LogP contribution in [-0.2, 0) is 4.74 Å². The summed E-state index contributed by atoms with van der Waals surface area (Å²) in [5.74, 6) is 0.455. The van der Waals surface area contributed by atoms with Crippen molar-refractivity contribution >= 4 is 17.1 Å². The molecule has 2 aromatic carbocycles. The van der Waals surface area contributed by atoms with Gasteiger partial charge in [0.15, 0.2) is 0 Å². The summed E-state index contributed by atoms with van der Waals surface area (Å²) in [5, 5.41) is 1.16. The van der Waals surface area contributed by atoms with Crippen LogP contribution in [0.1, 0.15) is 0 Å². The quantitative estimate of drug-likeness (QED) is 0.564. The van der Waals surface area contributed by atoms with Crippen molar-refractivity contribution in [2.75, 3.05) is 7.11 Å². The summed E-state index contributed by atoms with van der Waals surface area (Å²) in [4.78, 5) is 14.4. The molecular formula is C16H13NO3. The molecule has 3 rings (SSSR count). The molecule has 0 fully saturated rings. The molecule has 4 nitrogen and oxygen atoms in total. The van der Waals surface area contributed by atoms with Gasteiger partial charge in [-0.2, -0.15) is 0 Å². The summed E-state index contributed by atoms with van der Waals surface area (Å²) in [6.45, 7) is 0. The SMILES string of the molecule is COC(=O)Oc1ccc(-c2cc3ccccc3[nH]2)cc1. The third-order valence-corrected chi connectivity index (χ3v) is 3.06. The van der Waals surface area contributed by atoms with E-state index in [1.807, 2.05) is 30.3 Å². The van der Waals surface area contributed by atoms with Gasteiger partial charge in [-0.3, -0.25) is 0 Å². The van der Waals surface area contributed by atoms with E-state index in [2.05, 4.69) is 21.9 Å². The summed E-state index contributed by atoms with van der Waals surface area (Å²) in [6, 6.07) is 17.4. The van der Waals surface area contributed by atoms with E-state index in [0.717, 1.165) is 22.2 Å². The van der Waals surface area contributed by atoms with Crippen LogP contribution in [0.25, 0.3) is 22.2 Å².